The summed E-state index contributed by atoms with van der Waals surface area (Å²) >= 11 is 3.50. The SMILES string of the molecule is CN=C(NCCC1=CCOCC1)NC1CCN(Cc2ccc(Br)cc2)CC1.I. The van der Waals surface area contributed by atoms with Crippen LogP contribution < -0.4 is 10.6 Å². The van der Waals surface area contributed by atoms with Gasteiger partial charge in [-0.25, -0.2) is 0 Å². The summed E-state index contributed by atoms with van der Waals surface area (Å²) in [4.78, 5) is 6.93. The number of guanidine groups is 1. The first-order chi connectivity index (χ1) is 13.2. The standard InChI is InChI=1S/C21H31BrN4O.HI/c1-23-21(24-11-6-17-9-14-27-15-10-17)25-20-7-12-26(13-8-20)16-18-2-4-19(22)5-3-18;/h2-5,9,20H,6-8,10-16H2,1H3,(H2,23,24,25);1H. The van der Waals surface area contributed by atoms with Crippen molar-refractivity contribution in [3.8, 4) is 0 Å². The van der Waals surface area contributed by atoms with Crippen LogP contribution in [-0.2, 0) is 11.3 Å². The number of nitrogens with one attached hydrogen (secondary N) is 2. The minimum absolute atomic E-state index is 0. The number of piperidine rings is 1. The zero-order chi connectivity index (χ0) is 18.9. The molecule has 0 bridgehead atoms. The van der Waals surface area contributed by atoms with Gasteiger partial charge in [0.25, 0.3) is 0 Å². The lowest BCUT2D eigenvalue weighted by atomic mass is 10.0. The molecule has 1 aromatic carbocycles. The molecule has 0 aromatic heterocycles. The number of hydrogen-bond acceptors (Lipinski definition) is 3. The Labute approximate surface area is 194 Å². The third kappa shape index (κ3) is 8.00. The second-order valence-electron chi connectivity index (χ2n) is 7.26. The van der Waals surface area contributed by atoms with Crippen molar-refractivity contribution in [1.82, 2.24) is 15.5 Å². The monoisotopic (exact) mass is 562 g/mol. The highest BCUT2D eigenvalue weighted by atomic mass is 127. The zero-order valence-electron chi connectivity index (χ0n) is 16.6. The number of nitrogens with zero attached hydrogens (tertiary/aromatic N) is 2. The van der Waals surface area contributed by atoms with Crippen molar-refractivity contribution in [2.75, 3.05) is 39.9 Å². The minimum atomic E-state index is 0. The van der Waals surface area contributed by atoms with Crippen molar-refractivity contribution in [2.45, 2.75) is 38.3 Å². The summed E-state index contributed by atoms with van der Waals surface area (Å²) < 4.78 is 6.50. The van der Waals surface area contributed by atoms with Crippen LogP contribution in [0.5, 0.6) is 0 Å². The topological polar surface area (TPSA) is 48.9 Å². The number of hydrogen-bond donors (Lipinski definition) is 2. The summed E-state index contributed by atoms with van der Waals surface area (Å²) in [6.07, 6.45) is 6.64. The third-order valence-corrected chi connectivity index (χ3v) is 5.80. The molecule has 1 aromatic rings. The highest BCUT2D eigenvalue weighted by molar-refractivity contribution is 14.0. The number of benzene rings is 1. The van der Waals surface area contributed by atoms with E-state index >= 15 is 0 Å². The van der Waals surface area contributed by atoms with Gasteiger partial charge in [-0.15, -0.1) is 24.0 Å². The smallest absolute Gasteiger partial charge is 0.191 e. The number of halogens is 2. The lowest BCUT2D eigenvalue weighted by Crippen LogP contribution is -2.48. The van der Waals surface area contributed by atoms with Gasteiger partial charge in [0.05, 0.1) is 13.2 Å². The molecule has 2 heterocycles. The van der Waals surface area contributed by atoms with Gasteiger partial charge in [0.2, 0.25) is 0 Å². The fourth-order valence-electron chi connectivity index (χ4n) is 3.61. The van der Waals surface area contributed by atoms with Crippen LogP contribution >= 0.6 is 39.9 Å². The van der Waals surface area contributed by atoms with Crippen molar-refractivity contribution in [3.63, 3.8) is 0 Å². The van der Waals surface area contributed by atoms with Crippen molar-refractivity contribution in [2.24, 2.45) is 4.99 Å². The van der Waals surface area contributed by atoms with E-state index in [0.717, 1.165) is 75.5 Å². The van der Waals surface area contributed by atoms with Gasteiger partial charge in [-0.2, -0.15) is 0 Å². The second-order valence-corrected chi connectivity index (χ2v) is 8.17. The molecule has 0 atom stereocenters. The molecule has 156 valence electrons. The molecule has 5 nitrogen and oxygen atoms in total. The maximum atomic E-state index is 5.36. The molecule has 1 fully saturated rings. The number of rotatable bonds is 6. The summed E-state index contributed by atoms with van der Waals surface area (Å²) in [6, 6.07) is 9.15. The van der Waals surface area contributed by atoms with Crippen LogP contribution in [0.15, 0.2) is 45.4 Å². The Kier molecular flexibility index (Phi) is 10.8. The zero-order valence-corrected chi connectivity index (χ0v) is 20.5. The van der Waals surface area contributed by atoms with Gasteiger partial charge in [0.15, 0.2) is 5.96 Å². The molecule has 3 rings (SSSR count). The van der Waals surface area contributed by atoms with Crippen molar-refractivity contribution < 1.29 is 4.74 Å². The summed E-state index contributed by atoms with van der Waals surface area (Å²) in [5, 5.41) is 7.06. The Bertz CT molecular complexity index is 642. The molecule has 1 saturated heterocycles. The molecule has 0 amide bonds. The predicted octanol–water partition coefficient (Wildman–Crippen LogP) is 3.93. The Morgan fingerprint density at radius 3 is 2.64 bits per heavy atom. The molecule has 0 radical (unpaired) electrons. The van der Waals surface area contributed by atoms with E-state index in [1.54, 1.807) is 0 Å². The fourth-order valence-corrected chi connectivity index (χ4v) is 3.87. The van der Waals surface area contributed by atoms with E-state index in [9.17, 15) is 0 Å². The van der Waals surface area contributed by atoms with E-state index in [1.165, 1.54) is 11.1 Å². The van der Waals surface area contributed by atoms with Gasteiger partial charge in [-0.05, 0) is 43.4 Å². The van der Waals surface area contributed by atoms with E-state index in [0.29, 0.717) is 6.04 Å². The molecule has 0 saturated carbocycles. The molecular weight excluding hydrogens is 531 g/mol. The molecule has 2 N–H and O–H groups in total. The van der Waals surface area contributed by atoms with Gasteiger partial charge >= 0.3 is 0 Å². The van der Waals surface area contributed by atoms with Crippen LogP contribution in [-0.4, -0.2) is 56.8 Å². The maximum Gasteiger partial charge on any atom is 0.191 e. The largest absolute Gasteiger partial charge is 0.377 e. The fraction of sp³-hybridized carbons (Fsp3) is 0.571. The molecular formula is C21H32BrIN4O. The van der Waals surface area contributed by atoms with Crippen LogP contribution in [0.4, 0.5) is 0 Å². The minimum Gasteiger partial charge on any atom is -0.377 e. The molecule has 0 unspecified atom stereocenters. The summed E-state index contributed by atoms with van der Waals surface area (Å²) in [6.45, 7) is 5.83. The summed E-state index contributed by atoms with van der Waals surface area (Å²) in [7, 11) is 1.85. The van der Waals surface area contributed by atoms with Crippen LogP contribution in [0.1, 0.15) is 31.2 Å². The average Bonchev–Trinajstić information content (AvgIpc) is 2.71. The number of likely N-dealkylation sites (tertiary alicyclic amines) is 1. The Morgan fingerprint density at radius 1 is 1.25 bits per heavy atom. The first-order valence-corrected chi connectivity index (χ1v) is 10.7. The highest BCUT2D eigenvalue weighted by Gasteiger charge is 2.20. The van der Waals surface area contributed by atoms with Crippen LogP contribution in [0.3, 0.4) is 0 Å². The molecule has 0 aliphatic carbocycles. The number of ether oxygens (including phenoxy) is 1. The molecule has 2 aliphatic rings. The van der Waals surface area contributed by atoms with E-state index in [4.69, 9.17) is 4.74 Å². The van der Waals surface area contributed by atoms with E-state index in [2.05, 4.69) is 66.8 Å². The normalized spacial score (nSPS) is 18.9. The molecule has 28 heavy (non-hydrogen) atoms. The molecule has 2 aliphatic heterocycles. The first kappa shape index (κ1) is 23.6. The first-order valence-electron chi connectivity index (χ1n) is 9.92. The van der Waals surface area contributed by atoms with Gasteiger partial charge in [0, 0.05) is 43.7 Å². The quantitative estimate of drug-likeness (QED) is 0.239. The summed E-state index contributed by atoms with van der Waals surface area (Å²) in [5.74, 6) is 0.925. The Morgan fingerprint density at radius 2 is 2.00 bits per heavy atom. The van der Waals surface area contributed by atoms with Crippen LogP contribution in [0, 0.1) is 0 Å². The predicted molar refractivity (Wildman–Crippen MR) is 130 cm³/mol. The van der Waals surface area contributed by atoms with E-state index in [-0.39, 0.29) is 24.0 Å². The Hall–Kier alpha value is -0.640. The van der Waals surface area contributed by atoms with Crippen molar-refractivity contribution >= 4 is 45.9 Å². The van der Waals surface area contributed by atoms with Crippen molar-refractivity contribution in [3.05, 3.63) is 46.0 Å². The van der Waals surface area contributed by atoms with Gasteiger partial charge in [-0.1, -0.05) is 39.7 Å². The Balaban J connectivity index is 0.00000280. The second kappa shape index (κ2) is 12.8. The molecule has 0 spiro atoms. The van der Waals surface area contributed by atoms with Gasteiger partial charge in [0.1, 0.15) is 0 Å². The average molecular weight is 563 g/mol. The van der Waals surface area contributed by atoms with E-state index in [1.807, 2.05) is 7.05 Å². The van der Waals surface area contributed by atoms with Gasteiger partial charge in [-0.3, -0.25) is 9.89 Å². The third-order valence-electron chi connectivity index (χ3n) is 5.27. The van der Waals surface area contributed by atoms with Crippen LogP contribution in [0.25, 0.3) is 0 Å². The number of aliphatic imine (C=N–C) groups is 1. The van der Waals surface area contributed by atoms with Gasteiger partial charge < -0.3 is 15.4 Å². The van der Waals surface area contributed by atoms with Crippen LogP contribution in [0.2, 0.25) is 0 Å². The lowest BCUT2D eigenvalue weighted by Gasteiger charge is -2.33. The lowest BCUT2D eigenvalue weighted by molar-refractivity contribution is 0.153. The maximum absolute atomic E-state index is 5.36. The molecule has 7 heteroatoms. The van der Waals surface area contributed by atoms with E-state index < -0.39 is 0 Å². The highest BCUT2D eigenvalue weighted by Crippen LogP contribution is 2.16. The summed E-state index contributed by atoms with van der Waals surface area (Å²) in [5.41, 5.74) is 2.87. The van der Waals surface area contributed by atoms with Crippen molar-refractivity contribution in [1.29, 1.82) is 0 Å².